The third-order valence-corrected chi connectivity index (χ3v) is 4.22. The molecule has 1 aliphatic heterocycles. The van der Waals surface area contributed by atoms with Crippen molar-refractivity contribution in [1.29, 1.82) is 0 Å². The van der Waals surface area contributed by atoms with E-state index in [1.165, 1.54) is 9.13 Å². The Balaban J connectivity index is 2.18. The van der Waals surface area contributed by atoms with E-state index in [1.807, 2.05) is 12.1 Å². The van der Waals surface area contributed by atoms with Crippen LogP contribution in [0.3, 0.4) is 0 Å². The molecule has 1 N–H and O–H groups in total. The maximum Gasteiger partial charge on any atom is 0.0912 e. The molecule has 2 nitrogen and oxygen atoms in total. The molecule has 0 aliphatic carbocycles. The van der Waals surface area contributed by atoms with Crippen LogP contribution in [0.15, 0.2) is 24.3 Å². The average Bonchev–Trinajstić information content (AvgIpc) is 2.38. The van der Waals surface area contributed by atoms with Crippen molar-refractivity contribution < 1.29 is 4.39 Å². The summed E-state index contributed by atoms with van der Waals surface area (Å²) < 4.78 is 14.0. The van der Waals surface area contributed by atoms with Gasteiger partial charge in [-0.2, -0.15) is 0 Å². The van der Waals surface area contributed by atoms with Crippen LogP contribution < -0.4 is 5.32 Å². The Bertz CT molecular complexity index is 353. The molecule has 2 rings (SSSR count). The summed E-state index contributed by atoms with van der Waals surface area (Å²) in [6.07, 6.45) is 0.597. The van der Waals surface area contributed by atoms with E-state index in [9.17, 15) is 4.39 Å². The smallest absolute Gasteiger partial charge is 0.0912 e. The number of hydrogen-bond acceptors (Lipinski definition) is 2. The summed E-state index contributed by atoms with van der Waals surface area (Å²) in [5.74, 6) is 0. The molecule has 1 saturated heterocycles. The van der Waals surface area contributed by atoms with Crippen LogP contribution >= 0.6 is 22.6 Å². The molecule has 0 amide bonds. The Morgan fingerprint density at radius 1 is 1.29 bits per heavy atom. The van der Waals surface area contributed by atoms with Crippen LogP contribution in [0.4, 0.5) is 4.39 Å². The molecule has 0 radical (unpaired) electrons. The molecule has 0 saturated carbocycles. The quantitative estimate of drug-likeness (QED) is 0.842. The van der Waals surface area contributed by atoms with Crippen molar-refractivity contribution in [2.45, 2.75) is 12.5 Å². The fraction of sp³-hybridized carbons (Fsp3) is 0.538. The molecule has 1 aromatic rings. The molecule has 1 atom stereocenters. The zero-order valence-electron chi connectivity index (χ0n) is 9.83. The van der Waals surface area contributed by atoms with Gasteiger partial charge in [0.1, 0.15) is 0 Å². The Morgan fingerprint density at radius 3 is 2.65 bits per heavy atom. The zero-order chi connectivity index (χ0) is 12.1. The first-order valence-corrected chi connectivity index (χ1v) is 7.16. The van der Waals surface area contributed by atoms with Gasteiger partial charge in [0.2, 0.25) is 0 Å². The van der Waals surface area contributed by atoms with Crippen molar-refractivity contribution in [3.63, 3.8) is 0 Å². The van der Waals surface area contributed by atoms with E-state index >= 15 is 0 Å². The van der Waals surface area contributed by atoms with Crippen molar-refractivity contribution in [3.05, 3.63) is 33.4 Å². The summed E-state index contributed by atoms with van der Waals surface area (Å²) in [6, 6.07) is 8.55. The third kappa shape index (κ3) is 3.39. The lowest BCUT2D eigenvalue weighted by Crippen LogP contribution is -2.45. The number of nitrogens with one attached hydrogen (secondary N) is 1. The first-order chi connectivity index (χ1) is 8.33. The molecule has 1 fully saturated rings. The van der Waals surface area contributed by atoms with Gasteiger partial charge in [-0.05, 0) is 40.6 Å². The highest BCUT2D eigenvalue weighted by atomic mass is 127. The van der Waals surface area contributed by atoms with Crippen LogP contribution in [0.1, 0.15) is 18.0 Å². The number of hydrogen-bond donors (Lipinski definition) is 1. The van der Waals surface area contributed by atoms with Crippen LogP contribution in [0.2, 0.25) is 0 Å². The minimum atomic E-state index is -0.250. The zero-order valence-corrected chi connectivity index (χ0v) is 12.0. The summed E-state index contributed by atoms with van der Waals surface area (Å²) in [5.41, 5.74) is 1.27. The summed E-state index contributed by atoms with van der Waals surface area (Å²) in [5, 5.41) is 3.34. The lowest BCUT2D eigenvalue weighted by Gasteiger charge is -2.35. The molecule has 0 unspecified atom stereocenters. The minimum absolute atomic E-state index is 0.232. The van der Waals surface area contributed by atoms with Crippen molar-refractivity contribution in [2.75, 3.05) is 32.9 Å². The molecule has 1 aromatic carbocycles. The average molecular weight is 348 g/mol. The van der Waals surface area contributed by atoms with Crippen molar-refractivity contribution >= 4 is 22.6 Å². The maximum atomic E-state index is 12.8. The Labute approximate surface area is 116 Å². The van der Waals surface area contributed by atoms with Gasteiger partial charge in [-0.25, -0.2) is 0 Å². The molecule has 17 heavy (non-hydrogen) atoms. The molecule has 94 valence electrons. The van der Waals surface area contributed by atoms with E-state index in [4.69, 9.17) is 0 Å². The van der Waals surface area contributed by atoms with Gasteiger partial charge in [-0.3, -0.25) is 9.29 Å². The normalized spacial score (nSPS) is 19.2. The third-order valence-electron chi connectivity index (χ3n) is 3.24. The van der Waals surface area contributed by atoms with Crippen LogP contribution in [-0.4, -0.2) is 37.8 Å². The monoisotopic (exact) mass is 348 g/mol. The fourth-order valence-electron chi connectivity index (χ4n) is 2.38. The summed E-state index contributed by atoms with van der Waals surface area (Å²) in [7, 11) is 0. The van der Waals surface area contributed by atoms with Gasteiger partial charge in [0, 0.05) is 35.8 Å². The highest BCUT2D eigenvalue weighted by Gasteiger charge is 2.23. The summed E-state index contributed by atoms with van der Waals surface area (Å²) in [4.78, 5) is 2.40. The highest BCUT2D eigenvalue weighted by molar-refractivity contribution is 14.1. The van der Waals surface area contributed by atoms with E-state index < -0.39 is 0 Å². The lowest BCUT2D eigenvalue weighted by molar-refractivity contribution is 0.157. The first kappa shape index (κ1) is 13.2. The largest absolute Gasteiger partial charge is 0.314 e. The van der Waals surface area contributed by atoms with Crippen molar-refractivity contribution in [2.24, 2.45) is 0 Å². The number of benzene rings is 1. The van der Waals surface area contributed by atoms with Gasteiger partial charge >= 0.3 is 0 Å². The van der Waals surface area contributed by atoms with Gasteiger partial charge < -0.3 is 5.32 Å². The Morgan fingerprint density at radius 2 is 2.00 bits per heavy atom. The van der Waals surface area contributed by atoms with E-state index in [0.29, 0.717) is 6.42 Å². The van der Waals surface area contributed by atoms with Crippen LogP contribution in [0, 0.1) is 3.57 Å². The predicted octanol–water partition coefficient (Wildman–Crippen LogP) is 2.60. The second-order valence-electron chi connectivity index (χ2n) is 4.30. The van der Waals surface area contributed by atoms with Crippen LogP contribution in [-0.2, 0) is 0 Å². The highest BCUT2D eigenvalue weighted by Crippen LogP contribution is 2.28. The molecular formula is C13H18FIN2. The molecule has 0 aromatic heterocycles. The molecule has 0 bridgehead atoms. The Hall–Kier alpha value is -0.200. The van der Waals surface area contributed by atoms with Crippen molar-refractivity contribution in [3.8, 4) is 0 Å². The van der Waals surface area contributed by atoms with E-state index in [2.05, 4.69) is 44.9 Å². The van der Waals surface area contributed by atoms with Gasteiger partial charge in [0.05, 0.1) is 6.67 Å². The molecule has 0 spiro atoms. The topological polar surface area (TPSA) is 15.3 Å². The maximum absolute atomic E-state index is 12.8. The number of halogens is 2. The number of alkyl halides is 1. The predicted molar refractivity (Wildman–Crippen MR) is 76.9 cm³/mol. The Kier molecular flexibility index (Phi) is 5.18. The van der Waals surface area contributed by atoms with Crippen LogP contribution in [0.25, 0.3) is 0 Å². The summed E-state index contributed by atoms with van der Waals surface area (Å²) in [6.45, 7) is 3.78. The lowest BCUT2D eigenvalue weighted by atomic mass is 10.0. The van der Waals surface area contributed by atoms with E-state index in [0.717, 1.165) is 26.2 Å². The van der Waals surface area contributed by atoms with Gasteiger partial charge in [-0.15, -0.1) is 0 Å². The molecule has 4 heteroatoms. The van der Waals surface area contributed by atoms with Crippen molar-refractivity contribution in [1.82, 2.24) is 10.2 Å². The van der Waals surface area contributed by atoms with Gasteiger partial charge in [0.25, 0.3) is 0 Å². The van der Waals surface area contributed by atoms with Crippen LogP contribution in [0.5, 0.6) is 0 Å². The standard InChI is InChI=1S/C13H18FIN2/c14-6-5-13(17-9-7-16-8-10-17)11-3-1-2-4-12(11)15/h1-4,13,16H,5-10H2/t13-/m0/s1. The number of piperazine rings is 1. The fourth-order valence-corrected chi connectivity index (χ4v) is 3.12. The van der Waals surface area contributed by atoms with E-state index in [-0.39, 0.29) is 12.7 Å². The van der Waals surface area contributed by atoms with Gasteiger partial charge in [-0.1, -0.05) is 18.2 Å². The summed E-state index contributed by atoms with van der Waals surface area (Å²) >= 11 is 2.35. The van der Waals surface area contributed by atoms with Gasteiger partial charge in [0.15, 0.2) is 0 Å². The number of nitrogens with zero attached hydrogens (tertiary/aromatic N) is 1. The molecule has 1 aliphatic rings. The SMILES string of the molecule is FCC[C@@H](c1ccccc1I)N1CCNCC1. The number of rotatable bonds is 4. The second kappa shape index (κ2) is 6.66. The molecular weight excluding hydrogens is 330 g/mol. The molecule has 1 heterocycles. The first-order valence-electron chi connectivity index (χ1n) is 6.08. The minimum Gasteiger partial charge on any atom is -0.314 e. The van der Waals surface area contributed by atoms with E-state index in [1.54, 1.807) is 0 Å². The second-order valence-corrected chi connectivity index (χ2v) is 5.46.